The molecule has 25 heavy (non-hydrogen) atoms. The van der Waals surface area contributed by atoms with Crippen LogP contribution in [0, 0.1) is 0 Å². The van der Waals surface area contributed by atoms with E-state index in [1.165, 1.54) is 5.56 Å². The van der Waals surface area contributed by atoms with Crippen LogP contribution >= 0.6 is 12.4 Å². The van der Waals surface area contributed by atoms with Crippen LogP contribution in [0.15, 0.2) is 24.3 Å². The summed E-state index contributed by atoms with van der Waals surface area (Å²) in [6.45, 7) is 8.61. The van der Waals surface area contributed by atoms with Crippen molar-refractivity contribution in [2.45, 2.75) is 45.1 Å². The van der Waals surface area contributed by atoms with Crippen molar-refractivity contribution in [3.63, 3.8) is 0 Å². The molecule has 6 heteroatoms. The largest absolute Gasteiger partial charge is 0.352 e. The van der Waals surface area contributed by atoms with Crippen LogP contribution in [0.1, 0.15) is 49.5 Å². The zero-order valence-corrected chi connectivity index (χ0v) is 16.4. The molecule has 0 radical (unpaired) electrons. The van der Waals surface area contributed by atoms with E-state index in [1.54, 1.807) is 4.90 Å². The van der Waals surface area contributed by atoms with Crippen molar-refractivity contribution in [1.82, 2.24) is 15.5 Å². The quantitative estimate of drug-likeness (QED) is 0.839. The first-order valence-electron chi connectivity index (χ1n) is 8.64. The van der Waals surface area contributed by atoms with Crippen molar-refractivity contribution in [2.24, 2.45) is 0 Å². The number of amides is 2. The van der Waals surface area contributed by atoms with Crippen molar-refractivity contribution in [3.8, 4) is 0 Å². The Morgan fingerprint density at radius 3 is 2.40 bits per heavy atom. The van der Waals surface area contributed by atoms with Gasteiger partial charge < -0.3 is 15.5 Å². The second-order valence-electron chi connectivity index (χ2n) is 7.48. The van der Waals surface area contributed by atoms with Gasteiger partial charge in [-0.2, -0.15) is 0 Å². The minimum atomic E-state index is -0.131. The first-order valence-corrected chi connectivity index (χ1v) is 8.64. The maximum Gasteiger partial charge on any atom is 0.251 e. The molecule has 0 saturated carbocycles. The highest BCUT2D eigenvalue weighted by Gasteiger charge is 2.22. The van der Waals surface area contributed by atoms with Crippen molar-refractivity contribution in [2.75, 3.05) is 26.7 Å². The van der Waals surface area contributed by atoms with Crippen LogP contribution in [0.2, 0.25) is 0 Å². The second kappa shape index (κ2) is 9.20. The van der Waals surface area contributed by atoms with Gasteiger partial charge in [0.2, 0.25) is 5.91 Å². The van der Waals surface area contributed by atoms with Gasteiger partial charge in [0.15, 0.2) is 0 Å². The standard InChI is InChI=1S/C19H29N3O2.ClH/c1-19(2,3)15-7-5-14(6-8-15)18(24)21-12-10-17(23)22(4)16-9-11-20-13-16;/h5-8,16,20H,9-13H2,1-4H3,(H,21,24);1H. The summed E-state index contributed by atoms with van der Waals surface area (Å²) in [6, 6.07) is 7.93. The molecule has 0 aromatic heterocycles. The number of benzene rings is 1. The van der Waals surface area contributed by atoms with E-state index in [0.717, 1.165) is 19.5 Å². The molecule has 1 aliphatic heterocycles. The Bertz CT molecular complexity index is 575. The number of halogens is 1. The van der Waals surface area contributed by atoms with Crippen LogP contribution in [-0.2, 0) is 10.2 Å². The molecule has 1 aliphatic rings. The van der Waals surface area contributed by atoms with E-state index in [9.17, 15) is 9.59 Å². The molecule has 2 N–H and O–H groups in total. The molecule has 1 aromatic rings. The highest BCUT2D eigenvalue weighted by atomic mass is 35.5. The fraction of sp³-hybridized carbons (Fsp3) is 0.579. The molecule has 0 bridgehead atoms. The highest BCUT2D eigenvalue weighted by Crippen LogP contribution is 2.22. The zero-order chi connectivity index (χ0) is 17.7. The van der Waals surface area contributed by atoms with Crippen molar-refractivity contribution >= 4 is 24.2 Å². The topological polar surface area (TPSA) is 61.4 Å². The summed E-state index contributed by atoms with van der Waals surface area (Å²) >= 11 is 0. The van der Waals surface area contributed by atoms with E-state index in [1.807, 2.05) is 31.3 Å². The Kier molecular flexibility index (Phi) is 7.90. The van der Waals surface area contributed by atoms with Crippen LogP contribution in [0.5, 0.6) is 0 Å². The van der Waals surface area contributed by atoms with Gasteiger partial charge >= 0.3 is 0 Å². The SMILES string of the molecule is CN(C(=O)CCNC(=O)c1ccc(C(C)(C)C)cc1)C1CCNC1.Cl. The van der Waals surface area contributed by atoms with Crippen molar-refractivity contribution in [3.05, 3.63) is 35.4 Å². The Balaban J connectivity index is 0.00000312. The molecule has 0 spiro atoms. The van der Waals surface area contributed by atoms with E-state index in [4.69, 9.17) is 0 Å². The van der Waals surface area contributed by atoms with Gasteiger partial charge in [-0.25, -0.2) is 0 Å². The third-order valence-corrected chi connectivity index (χ3v) is 4.61. The summed E-state index contributed by atoms with van der Waals surface area (Å²) in [5.41, 5.74) is 1.89. The Morgan fingerprint density at radius 1 is 1.24 bits per heavy atom. The maximum absolute atomic E-state index is 12.2. The van der Waals surface area contributed by atoms with E-state index in [2.05, 4.69) is 31.4 Å². The summed E-state index contributed by atoms with van der Waals surface area (Å²) in [4.78, 5) is 26.1. The third-order valence-electron chi connectivity index (χ3n) is 4.61. The van der Waals surface area contributed by atoms with Gasteiger partial charge in [0.05, 0.1) is 0 Å². The van der Waals surface area contributed by atoms with Gasteiger partial charge in [0.1, 0.15) is 0 Å². The third kappa shape index (κ3) is 6.01. The average Bonchev–Trinajstić information content (AvgIpc) is 3.07. The number of carbonyl (C=O) groups is 2. The van der Waals surface area contributed by atoms with Gasteiger partial charge in [0, 0.05) is 38.2 Å². The molecule has 1 heterocycles. The number of rotatable bonds is 5. The summed E-state index contributed by atoms with van der Waals surface area (Å²) in [6.07, 6.45) is 1.33. The number of likely N-dealkylation sites (N-methyl/N-ethyl adjacent to an activating group) is 1. The minimum Gasteiger partial charge on any atom is -0.352 e. The van der Waals surface area contributed by atoms with E-state index in [0.29, 0.717) is 18.5 Å². The number of nitrogens with one attached hydrogen (secondary N) is 2. The van der Waals surface area contributed by atoms with Crippen LogP contribution in [0.25, 0.3) is 0 Å². The molecular formula is C19H30ClN3O2. The molecule has 2 rings (SSSR count). The lowest BCUT2D eigenvalue weighted by Crippen LogP contribution is -2.40. The molecule has 1 aromatic carbocycles. The predicted octanol–water partition coefficient (Wildman–Crippen LogP) is 2.35. The van der Waals surface area contributed by atoms with Crippen molar-refractivity contribution in [1.29, 1.82) is 0 Å². The fourth-order valence-corrected chi connectivity index (χ4v) is 2.86. The maximum atomic E-state index is 12.2. The Morgan fingerprint density at radius 2 is 1.88 bits per heavy atom. The number of hydrogen-bond acceptors (Lipinski definition) is 3. The molecule has 1 fully saturated rings. The van der Waals surface area contributed by atoms with Gasteiger partial charge in [-0.3, -0.25) is 9.59 Å². The van der Waals surface area contributed by atoms with E-state index in [-0.39, 0.29) is 35.7 Å². The lowest BCUT2D eigenvalue weighted by molar-refractivity contribution is -0.131. The number of hydrogen-bond donors (Lipinski definition) is 2. The molecule has 2 amide bonds. The Hall–Kier alpha value is -1.59. The smallest absolute Gasteiger partial charge is 0.251 e. The first kappa shape index (κ1) is 21.5. The predicted molar refractivity (Wildman–Crippen MR) is 103 cm³/mol. The fourth-order valence-electron chi connectivity index (χ4n) is 2.86. The molecule has 140 valence electrons. The molecular weight excluding hydrogens is 338 g/mol. The lowest BCUT2D eigenvalue weighted by Gasteiger charge is -2.23. The van der Waals surface area contributed by atoms with E-state index >= 15 is 0 Å². The molecule has 1 saturated heterocycles. The second-order valence-corrected chi connectivity index (χ2v) is 7.48. The normalized spacial score (nSPS) is 16.9. The van der Waals surface area contributed by atoms with Gasteiger partial charge in [-0.05, 0) is 36.1 Å². The molecule has 1 unspecified atom stereocenters. The van der Waals surface area contributed by atoms with Crippen LogP contribution in [0.4, 0.5) is 0 Å². The molecule has 5 nitrogen and oxygen atoms in total. The monoisotopic (exact) mass is 367 g/mol. The van der Waals surface area contributed by atoms with Crippen LogP contribution in [-0.4, -0.2) is 49.4 Å². The number of carbonyl (C=O) groups excluding carboxylic acids is 2. The van der Waals surface area contributed by atoms with E-state index < -0.39 is 0 Å². The zero-order valence-electron chi connectivity index (χ0n) is 15.6. The number of nitrogens with zero attached hydrogens (tertiary/aromatic N) is 1. The molecule has 1 atom stereocenters. The first-order chi connectivity index (χ1) is 11.3. The van der Waals surface area contributed by atoms with Crippen molar-refractivity contribution < 1.29 is 9.59 Å². The van der Waals surface area contributed by atoms with Gasteiger partial charge in [0.25, 0.3) is 5.91 Å². The van der Waals surface area contributed by atoms with Gasteiger partial charge in [-0.15, -0.1) is 12.4 Å². The van der Waals surface area contributed by atoms with Crippen LogP contribution < -0.4 is 10.6 Å². The average molecular weight is 368 g/mol. The lowest BCUT2D eigenvalue weighted by atomic mass is 9.87. The summed E-state index contributed by atoms with van der Waals surface area (Å²) in [7, 11) is 1.84. The van der Waals surface area contributed by atoms with Gasteiger partial charge in [-0.1, -0.05) is 32.9 Å². The Labute approximate surface area is 157 Å². The molecule has 0 aliphatic carbocycles. The van der Waals surface area contributed by atoms with Crippen LogP contribution in [0.3, 0.4) is 0 Å². The minimum absolute atomic E-state index is 0. The summed E-state index contributed by atoms with van der Waals surface area (Å²) in [5, 5.41) is 6.09. The summed E-state index contributed by atoms with van der Waals surface area (Å²) in [5.74, 6) is -0.0551. The highest BCUT2D eigenvalue weighted by molar-refractivity contribution is 5.94. The summed E-state index contributed by atoms with van der Waals surface area (Å²) < 4.78 is 0.